The molecule has 0 aliphatic rings. The fourth-order valence-electron chi connectivity index (χ4n) is 2.87. The Morgan fingerprint density at radius 1 is 1.09 bits per heavy atom. The molecule has 0 spiro atoms. The first-order valence-electron chi connectivity index (χ1n) is 11.6. The van der Waals surface area contributed by atoms with Gasteiger partial charge >= 0.3 is 11.9 Å². The molecule has 0 unspecified atom stereocenters. The standard InChI is InChI=1S/C22H35N4O6PS2/c1-6-11-30-19(27)14(4)25-33(29,26-15(5)20(28)31-12-7-2)17-10-9-16(32-17)18-21(34-13-8-3)35-22(23)24-18/h9-10,14-15H,6-8,11-13H2,1-5H3,(H2,23,24)(H2,25,26,29)/t14-,15-/m0/s1. The van der Waals surface area contributed by atoms with Crippen LogP contribution in [0.15, 0.2) is 20.8 Å². The monoisotopic (exact) mass is 546 g/mol. The van der Waals surface area contributed by atoms with Crippen molar-refractivity contribution in [1.29, 1.82) is 0 Å². The van der Waals surface area contributed by atoms with Crippen LogP contribution in [-0.4, -0.2) is 48.0 Å². The minimum absolute atomic E-state index is 0.0378. The summed E-state index contributed by atoms with van der Waals surface area (Å²) in [5, 5.41) is 6.00. The third kappa shape index (κ3) is 8.35. The Balaban J connectivity index is 2.36. The van der Waals surface area contributed by atoms with Gasteiger partial charge in [-0.2, -0.15) is 0 Å². The van der Waals surface area contributed by atoms with Gasteiger partial charge in [-0.05, 0) is 51.0 Å². The summed E-state index contributed by atoms with van der Waals surface area (Å²) >= 11 is 2.97. The largest absolute Gasteiger partial charge is 0.465 e. The van der Waals surface area contributed by atoms with Crippen LogP contribution in [0.25, 0.3) is 11.5 Å². The Bertz CT molecular complexity index is 996. The van der Waals surface area contributed by atoms with E-state index in [-0.39, 0.29) is 18.7 Å². The van der Waals surface area contributed by atoms with E-state index < -0.39 is 31.5 Å². The molecular formula is C22H35N4O6PS2. The number of nitrogens with zero attached hydrogens (tertiary/aromatic N) is 1. The molecule has 0 saturated carbocycles. The van der Waals surface area contributed by atoms with Crippen LogP contribution < -0.4 is 21.4 Å². The number of aromatic nitrogens is 1. The maximum Gasteiger partial charge on any atom is 0.323 e. The van der Waals surface area contributed by atoms with Crippen LogP contribution in [0.5, 0.6) is 0 Å². The molecule has 0 fully saturated rings. The highest BCUT2D eigenvalue weighted by Crippen LogP contribution is 2.41. The first kappa shape index (κ1) is 29.4. The highest BCUT2D eigenvalue weighted by molar-refractivity contribution is 8.01. The van der Waals surface area contributed by atoms with E-state index in [1.54, 1.807) is 17.8 Å². The SMILES string of the molecule is CCCOC(=O)[C@H](C)NP(=O)(N[C@@H](C)C(=O)OCCC)c1ccc(-c2nc(N)sc2SCCC)o1. The summed E-state index contributed by atoms with van der Waals surface area (Å²) in [6.45, 7) is 9.41. The van der Waals surface area contributed by atoms with E-state index in [1.807, 2.05) is 13.8 Å². The topological polar surface area (TPSA) is 146 Å². The van der Waals surface area contributed by atoms with Gasteiger partial charge < -0.3 is 19.6 Å². The van der Waals surface area contributed by atoms with Gasteiger partial charge in [0.15, 0.2) is 16.4 Å². The van der Waals surface area contributed by atoms with Crippen molar-refractivity contribution in [2.45, 2.75) is 70.2 Å². The van der Waals surface area contributed by atoms with Gasteiger partial charge in [-0.1, -0.05) is 32.1 Å². The molecule has 35 heavy (non-hydrogen) atoms. The summed E-state index contributed by atoms with van der Waals surface area (Å²) < 4.78 is 31.3. The number of nitrogens with one attached hydrogen (secondary N) is 2. The second kappa shape index (κ2) is 14.0. The molecule has 4 N–H and O–H groups in total. The maximum atomic E-state index is 14.1. The van der Waals surface area contributed by atoms with Gasteiger partial charge in [0.05, 0.1) is 17.4 Å². The van der Waals surface area contributed by atoms with E-state index in [0.29, 0.717) is 29.4 Å². The Morgan fingerprint density at radius 3 is 2.17 bits per heavy atom. The van der Waals surface area contributed by atoms with E-state index in [9.17, 15) is 14.2 Å². The first-order valence-corrected chi connectivity index (χ1v) is 15.1. The third-order valence-corrected chi connectivity index (χ3v) is 9.25. The zero-order valence-electron chi connectivity index (χ0n) is 20.8. The van der Waals surface area contributed by atoms with Crippen molar-refractivity contribution in [2.24, 2.45) is 0 Å². The number of furan rings is 1. The molecule has 196 valence electrons. The fraction of sp³-hybridized carbons (Fsp3) is 0.591. The lowest BCUT2D eigenvalue weighted by Crippen LogP contribution is -2.44. The van der Waals surface area contributed by atoms with Crippen molar-refractivity contribution in [3.8, 4) is 11.5 Å². The van der Waals surface area contributed by atoms with E-state index >= 15 is 0 Å². The molecule has 0 aliphatic carbocycles. The highest BCUT2D eigenvalue weighted by Gasteiger charge is 2.36. The van der Waals surface area contributed by atoms with Crippen molar-refractivity contribution < 1.29 is 28.0 Å². The van der Waals surface area contributed by atoms with Gasteiger partial charge in [0.2, 0.25) is 0 Å². The zero-order valence-corrected chi connectivity index (χ0v) is 23.3. The lowest BCUT2D eigenvalue weighted by molar-refractivity contribution is -0.145. The normalized spacial score (nSPS) is 13.4. The van der Waals surface area contributed by atoms with Gasteiger partial charge in [-0.3, -0.25) is 14.2 Å². The number of thioether (sulfide) groups is 1. The summed E-state index contributed by atoms with van der Waals surface area (Å²) in [6.07, 6.45) is 2.29. The molecule has 0 amide bonds. The lowest BCUT2D eigenvalue weighted by Gasteiger charge is -2.24. The van der Waals surface area contributed by atoms with Crippen LogP contribution in [-0.2, 0) is 23.6 Å². The number of nitrogens with two attached hydrogens (primary N) is 1. The molecule has 2 rings (SSSR count). The predicted molar refractivity (Wildman–Crippen MR) is 140 cm³/mol. The molecule has 2 aromatic heterocycles. The Morgan fingerprint density at radius 2 is 1.66 bits per heavy atom. The summed E-state index contributed by atoms with van der Waals surface area (Å²) in [4.78, 5) is 29.1. The molecule has 0 aliphatic heterocycles. The van der Waals surface area contributed by atoms with Crippen molar-refractivity contribution in [1.82, 2.24) is 15.2 Å². The number of hydrogen-bond donors (Lipinski definition) is 3. The molecule has 10 nitrogen and oxygen atoms in total. The first-order chi connectivity index (χ1) is 16.6. The minimum Gasteiger partial charge on any atom is -0.465 e. The average Bonchev–Trinajstić information content (AvgIpc) is 3.46. The molecule has 0 bridgehead atoms. The van der Waals surface area contributed by atoms with E-state index in [4.69, 9.17) is 19.6 Å². The van der Waals surface area contributed by atoms with Crippen LogP contribution in [0.4, 0.5) is 5.13 Å². The van der Waals surface area contributed by atoms with Gasteiger partial charge in [-0.15, -0.1) is 11.8 Å². The van der Waals surface area contributed by atoms with Gasteiger partial charge in [0.25, 0.3) is 7.44 Å². The van der Waals surface area contributed by atoms with Gasteiger partial charge in [-0.25, -0.2) is 15.2 Å². The van der Waals surface area contributed by atoms with Gasteiger partial charge in [0, 0.05) is 0 Å². The molecule has 0 aromatic carbocycles. The molecule has 13 heteroatoms. The van der Waals surface area contributed by atoms with Gasteiger partial charge in [0.1, 0.15) is 17.8 Å². The summed E-state index contributed by atoms with van der Waals surface area (Å²) in [7, 11) is -3.82. The van der Waals surface area contributed by atoms with Crippen molar-refractivity contribution >= 4 is 53.1 Å². The molecule has 0 saturated heterocycles. The highest BCUT2D eigenvalue weighted by atomic mass is 32.2. The lowest BCUT2D eigenvalue weighted by atomic mass is 10.4. The minimum atomic E-state index is -3.82. The van der Waals surface area contributed by atoms with Crippen molar-refractivity contribution in [3.63, 3.8) is 0 Å². The fourth-order valence-corrected chi connectivity index (χ4v) is 6.99. The van der Waals surface area contributed by atoms with Crippen molar-refractivity contribution in [2.75, 3.05) is 24.7 Å². The molecular weight excluding hydrogens is 511 g/mol. The van der Waals surface area contributed by atoms with Crippen molar-refractivity contribution in [3.05, 3.63) is 12.1 Å². The van der Waals surface area contributed by atoms with Crippen LogP contribution in [0, 0.1) is 0 Å². The number of thiazole rings is 1. The molecule has 2 atom stereocenters. The van der Waals surface area contributed by atoms with E-state index in [1.165, 1.54) is 31.3 Å². The molecule has 0 radical (unpaired) electrons. The van der Waals surface area contributed by atoms with E-state index in [2.05, 4.69) is 22.1 Å². The Kier molecular flexibility index (Phi) is 11.8. The van der Waals surface area contributed by atoms with Crippen LogP contribution >= 0.6 is 30.5 Å². The Labute approximate surface area is 214 Å². The number of esters is 2. The van der Waals surface area contributed by atoms with Crippen LogP contribution in [0.3, 0.4) is 0 Å². The quantitative estimate of drug-likeness (QED) is 0.168. The predicted octanol–water partition coefficient (Wildman–Crippen LogP) is 4.17. The Hall–Kier alpha value is -1.85. The molecule has 2 aromatic rings. The second-order valence-electron chi connectivity index (χ2n) is 7.82. The summed E-state index contributed by atoms with van der Waals surface area (Å²) in [5.41, 5.74) is 6.53. The maximum absolute atomic E-state index is 14.1. The smallest absolute Gasteiger partial charge is 0.323 e. The number of ether oxygens (including phenoxy) is 2. The number of rotatable bonds is 15. The number of carbonyl (C=O) groups excluding carboxylic acids is 2. The average molecular weight is 547 g/mol. The zero-order chi connectivity index (χ0) is 26.0. The number of nitrogen functional groups attached to an aromatic ring is 1. The van der Waals surface area contributed by atoms with Crippen LogP contribution in [0.1, 0.15) is 53.9 Å². The van der Waals surface area contributed by atoms with Crippen LogP contribution in [0.2, 0.25) is 0 Å². The number of carbonyl (C=O) groups is 2. The molecule has 2 heterocycles. The summed E-state index contributed by atoms with van der Waals surface area (Å²) in [6, 6.07) is 1.32. The second-order valence-corrected chi connectivity index (χ2v) is 12.4. The summed E-state index contributed by atoms with van der Waals surface area (Å²) in [5.74, 6) is 0.149. The van der Waals surface area contributed by atoms with E-state index in [0.717, 1.165) is 16.4 Å². The number of anilines is 1. The number of hydrogen-bond acceptors (Lipinski definition) is 10. The third-order valence-electron chi connectivity index (χ3n) is 4.54.